The van der Waals surface area contributed by atoms with Gasteiger partial charge in [0.25, 0.3) is 0 Å². The normalized spacial score (nSPS) is 29.5. The highest BCUT2D eigenvalue weighted by Gasteiger charge is 2.44. The molecule has 2 atom stereocenters. The molecule has 1 saturated heterocycles. The second-order valence-corrected chi connectivity index (χ2v) is 5.97. The minimum absolute atomic E-state index is 0. The van der Waals surface area contributed by atoms with E-state index in [9.17, 15) is 10.2 Å². The number of nitrogens with zero attached hydrogens (tertiary/aromatic N) is 1. The Bertz CT molecular complexity index is 501. The van der Waals surface area contributed by atoms with Gasteiger partial charge in [-0.2, -0.15) is 0 Å². The maximum Gasteiger partial charge on any atom is 0.160 e. The highest BCUT2D eigenvalue weighted by molar-refractivity contribution is 8.93. The van der Waals surface area contributed by atoms with E-state index in [1.165, 1.54) is 31.4 Å². The maximum absolute atomic E-state index is 9.99. The molecule has 0 bridgehead atoms. The first-order chi connectivity index (χ1) is 8.75. The van der Waals surface area contributed by atoms with Gasteiger partial charge in [-0.1, -0.05) is 6.07 Å². The van der Waals surface area contributed by atoms with Gasteiger partial charge >= 0.3 is 0 Å². The molecular formula is C15H20BrNO2. The van der Waals surface area contributed by atoms with Crippen LogP contribution >= 0.6 is 17.0 Å². The molecule has 0 unspecified atom stereocenters. The van der Waals surface area contributed by atoms with Crippen LogP contribution in [0.15, 0.2) is 12.1 Å². The van der Waals surface area contributed by atoms with Crippen LogP contribution in [0.5, 0.6) is 11.5 Å². The third-order valence-electron chi connectivity index (χ3n) is 4.99. The second kappa shape index (κ2) is 4.67. The third-order valence-corrected chi connectivity index (χ3v) is 4.99. The van der Waals surface area contributed by atoms with Crippen LogP contribution in [0.1, 0.15) is 42.7 Å². The monoisotopic (exact) mass is 325 g/mol. The number of rotatable bonds is 1. The number of hydrogen-bond donors (Lipinski definition) is 2. The fourth-order valence-electron chi connectivity index (χ4n) is 4.01. The number of phenolic OH excluding ortho intramolecular Hbond substituents is 2. The van der Waals surface area contributed by atoms with Crippen LogP contribution in [-0.2, 0) is 6.42 Å². The first kappa shape index (κ1) is 13.3. The molecule has 104 valence electrons. The average molecular weight is 326 g/mol. The highest BCUT2D eigenvalue weighted by atomic mass is 79.9. The van der Waals surface area contributed by atoms with Crippen LogP contribution in [0.3, 0.4) is 0 Å². The van der Waals surface area contributed by atoms with Crippen molar-refractivity contribution in [2.24, 2.45) is 0 Å². The summed E-state index contributed by atoms with van der Waals surface area (Å²) >= 11 is 0. The molecule has 0 amide bonds. The molecule has 0 spiro atoms. The summed E-state index contributed by atoms with van der Waals surface area (Å²) in [7, 11) is 0. The summed E-state index contributed by atoms with van der Waals surface area (Å²) in [6, 6.07) is 5.19. The van der Waals surface area contributed by atoms with E-state index in [-0.39, 0.29) is 28.5 Å². The van der Waals surface area contributed by atoms with E-state index >= 15 is 0 Å². The van der Waals surface area contributed by atoms with Gasteiger partial charge in [-0.25, -0.2) is 0 Å². The molecule has 4 heteroatoms. The summed E-state index contributed by atoms with van der Waals surface area (Å²) in [5.74, 6) is 0.723. The number of benzene rings is 1. The van der Waals surface area contributed by atoms with Crippen LogP contribution in [0.2, 0.25) is 0 Å². The van der Waals surface area contributed by atoms with Crippen LogP contribution in [-0.4, -0.2) is 33.7 Å². The summed E-state index contributed by atoms with van der Waals surface area (Å²) in [6.07, 6.45) is 5.98. The molecule has 19 heavy (non-hydrogen) atoms. The SMILES string of the molecule is Br.Oc1ccc2c(c1O)CC[C@H]1[C@H]2CCN1C1CC1. The Hall–Kier alpha value is -0.740. The van der Waals surface area contributed by atoms with Crippen molar-refractivity contribution in [2.75, 3.05) is 6.54 Å². The molecule has 2 fully saturated rings. The van der Waals surface area contributed by atoms with Gasteiger partial charge in [-0.3, -0.25) is 4.90 Å². The van der Waals surface area contributed by atoms with Crippen molar-refractivity contribution in [1.29, 1.82) is 0 Å². The summed E-state index contributed by atoms with van der Waals surface area (Å²) in [5.41, 5.74) is 2.28. The smallest absolute Gasteiger partial charge is 0.160 e. The van der Waals surface area contributed by atoms with E-state index in [0.29, 0.717) is 12.0 Å². The Morgan fingerprint density at radius 3 is 2.58 bits per heavy atom. The zero-order chi connectivity index (χ0) is 12.3. The van der Waals surface area contributed by atoms with Crippen LogP contribution in [0.25, 0.3) is 0 Å². The van der Waals surface area contributed by atoms with Gasteiger partial charge in [0.15, 0.2) is 11.5 Å². The maximum atomic E-state index is 9.99. The average Bonchev–Trinajstić information content (AvgIpc) is 3.13. The number of halogens is 1. The number of hydrogen-bond acceptors (Lipinski definition) is 3. The molecule has 2 aliphatic carbocycles. The van der Waals surface area contributed by atoms with Gasteiger partial charge in [0.1, 0.15) is 0 Å². The van der Waals surface area contributed by atoms with Crippen LogP contribution in [0, 0.1) is 0 Å². The third kappa shape index (κ3) is 1.96. The standard InChI is InChI=1S/C15H19NO2.BrH/c17-14-6-4-10-11-7-8-16(9-1-2-9)13(11)5-3-12(10)15(14)18;/h4,6,9,11,13,17-18H,1-3,5,7-8H2;1H/t11-,13-;/m0./s1. The van der Waals surface area contributed by atoms with Crippen molar-refractivity contribution in [1.82, 2.24) is 4.90 Å². The topological polar surface area (TPSA) is 43.7 Å². The Morgan fingerprint density at radius 2 is 1.84 bits per heavy atom. The van der Waals surface area contributed by atoms with Gasteiger partial charge in [0.2, 0.25) is 0 Å². The molecule has 0 aromatic heterocycles. The van der Waals surface area contributed by atoms with Crippen molar-refractivity contribution in [2.45, 2.75) is 50.1 Å². The van der Waals surface area contributed by atoms with E-state index in [0.717, 1.165) is 24.4 Å². The van der Waals surface area contributed by atoms with Crippen molar-refractivity contribution < 1.29 is 10.2 Å². The Labute approximate surface area is 124 Å². The Kier molecular flexibility index (Phi) is 3.26. The zero-order valence-corrected chi connectivity index (χ0v) is 12.6. The lowest BCUT2D eigenvalue weighted by Crippen LogP contribution is -2.36. The summed E-state index contributed by atoms with van der Waals surface area (Å²) in [4.78, 5) is 2.69. The number of phenols is 2. The van der Waals surface area contributed by atoms with Crippen molar-refractivity contribution in [3.8, 4) is 11.5 Å². The minimum Gasteiger partial charge on any atom is -0.504 e. The molecule has 0 radical (unpaired) electrons. The van der Waals surface area contributed by atoms with E-state index in [4.69, 9.17) is 0 Å². The first-order valence-electron chi connectivity index (χ1n) is 7.05. The van der Waals surface area contributed by atoms with Crippen LogP contribution in [0.4, 0.5) is 0 Å². The van der Waals surface area contributed by atoms with Gasteiger partial charge in [-0.15, -0.1) is 17.0 Å². The largest absolute Gasteiger partial charge is 0.504 e. The Balaban J connectivity index is 0.00000110. The predicted octanol–water partition coefficient (Wildman–Crippen LogP) is 2.94. The number of fused-ring (bicyclic) bond motifs is 3. The van der Waals surface area contributed by atoms with Gasteiger partial charge in [0, 0.05) is 23.6 Å². The molecule has 1 aromatic rings. The van der Waals surface area contributed by atoms with Gasteiger partial charge < -0.3 is 10.2 Å². The molecule has 1 heterocycles. The molecule has 1 aromatic carbocycles. The van der Waals surface area contributed by atoms with E-state index < -0.39 is 0 Å². The molecule has 1 saturated carbocycles. The van der Waals surface area contributed by atoms with Crippen molar-refractivity contribution in [3.63, 3.8) is 0 Å². The quantitative estimate of drug-likeness (QED) is 0.780. The number of likely N-dealkylation sites (tertiary alicyclic amines) is 1. The predicted molar refractivity (Wildman–Crippen MR) is 79.3 cm³/mol. The van der Waals surface area contributed by atoms with Crippen LogP contribution < -0.4 is 0 Å². The summed E-state index contributed by atoms with van der Waals surface area (Å²) in [5, 5.41) is 19.6. The fraction of sp³-hybridized carbons (Fsp3) is 0.600. The minimum atomic E-state index is 0. The van der Waals surface area contributed by atoms with E-state index in [1.807, 2.05) is 6.07 Å². The van der Waals surface area contributed by atoms with Gasteiger partial charge in [0.05, 0.1) is 0 Å². The van der Waals surface area contributed by atoms with E-state index in [2.05, 4.69) is 4.90 Å². The molecule has 3 nitrogen and oxygen atoms in total. The number of aromatic hydroxyl groups is 2. The van der Waals surface area contributed by atoms with E-state index in [1.54, 1.807) is 6.07 Å². The van der Waals surface area contributed by atoms with Crippen molar-refractivity contribution in [3.05, 3.63) is 23.3 Å². The molecular weight excluding hydrogens is 306 g/mol. The summed E-state index contributed by atoms with van der Waals surface area (Å²) in [6.45, 7) is 1.21. The highest BCUT2D eigenvalue weighted by Crippen LogP contribution is 2.48. The van der Waals surface area contributed by atoms with Crippen molar-refractivity contribution >= 4 is 17.0 Å². The van der Waals surface area contributed by atoms with Gasteiger partial charge in [-0.05, 0) is 50.3 Å². The first-order valence-corrected chi connectivity index (χ1v) is 7.05. The zero-order valence-electron chi connectivity index (χ0n) is 10.9. The lowest BCUT2D eigenvalue weighted by Gasteiger charge is -2.33. The lowest BCUT2D eigenvalue weighted by atomic mass is 9.79. The fourth-order valence-corrected chi connectivity index (χ4v) is 4.01. The summed E-state index contributed by atoms with van der Waals surface area (Å²) < 4.78 is 0. The molecule has 3 aliphatic rings. The second-order valence-electron chi connectivity index (χ2n) is 5.97. The lowest BCUT2D eigenvalue weighted by molar-refractivity contribution is 0.216. The Morgan fingerprint density at radius 1 is 1.05 bits per heavy atom. The molecule has 1 aliphatic heterocycles. The molecule has 4 rings (SSSR count). The molecule has 2 N–H and O–H groups in total.